The first-order valence-electron chi connectivity index (χ1n) is 12.2. The van der Waals surface area contributed by atoms with Crippen molar-refractivity contribution in [1.29, 1.82) is 0 Å². The Labute approximate surface area is 205 Å². The fraction of sp³-hybridized carbons (Fsp3) is 0.538. The summed E-state index contributed by atoms with van der Waals surface area (Å²) < 4.78 is 14.9. The van der Waals surface area contributed by atoms with E-state index in [1.807, 2.05) is 13.8 Å². The zero-order chi connectivity index (χ0) is 25.5. The molecule has 1 spiro atoms. The molecule has 1 atom stereocenters. The molecule has 1 saturated heterocycles. The first-order chi connectivity index (χ1) is 16.4. The molecule has 1 aromatic carbocycles. The number of urea groups is 1. The van der Waals surface area contributed by atoms with Gasteiger partial charge in [0.1, 0.15) is 17.9 Å². The van der Waals surface area contributed by atoms with E-state index in [2.05, 4.69) is 36.5 Å². The summed E-state index contributed by atoms with van der Waals surface area (Å²) in [6.45, 7) is 9.96. The van der Waals surface area contributed by atoms with E-state index in [9.17, 15) is 18.8 Å². The maximum atomic E-state index is 13.2. The summed E-state index contributed by atoms with van der Waals surface area (Å²) in [4.78, 5) is 39.7. The van der Waals surface area contributed by atoms with Crippen LogP contribution in [0, 0.1) is 24.1 Å². The SMILES string of the molecule is Cc1c(C(C)NC(=O)CN2C(=O)NC3(CCC(C(C)(C)C)CC3)C2=O)cnn1-c1ccc(F)cc1. The van der Waals surface area contributed by atoms with Crippen LogP contribution in [0.5, 0.6) is 0 Å². The predicted octanol–water partition coefficient (Wildman–Crippen LogP) is 4.02. The van der Waals surface area contributed by atoms with Gasteiger partial charge < -0.3 is 10.6 Å². The molecule has 0 radical (unpaired) electrons. The minimum Gasteiger partial charge on any atom is -0.348 e. The van der Waals surface area contributed by atoms with Gasteiger partial charge in [-0.2, -0.15) is 5.10 Å². The number of carbonyl (C=O) groups excluding carboxylic acids is 3. The zero-order valence-corrected chi connectivity index (χ0v) is 21.0. The molecule has 2 N–H and O–H groups in total. The molecule has 1 aromatic heterocycles. The van der Waals surface area contributed by atoms with Crippen LogP contribution >= 0.6 is 0 Å². The van der Waals surface area contributed by atoms with Crippen molar-refractivity contribution in [3.63, 3.8) is 0 Å². The van der Waals surface area contributed by atoms with E-state index in [1.165, 1.54) is 12.1 Å². The molecule has 0 bridgehead atoms. The standard InChI is InChI=1S/C26H34FN5O3/c1-16(21-14-28-32(17(21)2)20-8-6-19(27)7-9-20)29-22(33)15-31-23(34)26(30-24(31)35)12-10-18(11-13-26)25(3,4)5/h6-9,14,16,18H,10-13,15H2,1-5H3,(H,29,33)(H,30,35). The Balaban J connectivity index is 1.39. The van der Waals surface area contributed by atoms with E-state index in [0.29, 0.717) is 24.4 Å². The smallest absolute Gasteiger partial charge is 0.325 e. The van der Waals surface area contributed by atoms with Gasteiger partial charge >= 0.3 is 6.03 Å². The third-order valence-electron chi connectivity index (χ3n) is 7.57. The Morgan fingerprint density at radius 3 is 2.46 bits per heavy atom. The molecule has 1 aliphatic heterocycles. The molecular formula is C26H34FN5O3. The van der Waals surface area contributed by atoms with Gasteiger partial charge in [0.15, 0.2) is 0 Å². The first-order valence-corrected chi connectivity index (χ1v) is 12.2. The van der Waals surface area contributed by atoms with Crippen LogP contribution in [-0.4, -0.2) is 44.6 Å². The maximum Gasteiger partial charge on any atom is 0.325 e. The second kappa shape index (κ2) is 9.09. The Morgan fingerprint density at radius 2 is 1.86 bits per heavy atom. The number of amides is 4. The molecule has 2 fully saturated rings. The topological polar surface area (TPSA) is 96.3 Å². The number of rotatable bonds is 5. The highest BCUT2D eigenvalue weighted by Crippen LogP contribution is 2.43. The molecule has 8 nitrogen and oxygen atoms in total. The number of nitrogens with zero attached hydrogens (tertiary/aromatic N) is 3. The van der Waals surface area contributed by atoms with E-state index >= 15 is 0 Å². The van der Waals surface area contributed by atoms with E-state index in [1.54, 1.807) is 23.0 Å². The first kappa shape index (κ1) is 24.9. The van der Waals surface area contributed by atoms with Crippen LogP contribution < -0.4 is 10.6 Å². The molecule has 2 heterocycles. The van der Waals surface area contributed by atoms with Crippen LogP contribution in [0.4, 0.5) is 9.18 Å². The lowest BCUT2D eigenvalue weighted by molar-refractivity contribution is -0.136. The Hall–Kier alpha value is -3.23. The van der Waals surface area contributed by atoms with Crippen LogP contribution in [0.3, 0.4) is 0 Å². The van der Waals surface area contributed by atoms with Crippen molar-refractivity contribution in [2.75, 3.05) is 6.54 Å². The Kier molecular flexibility index (Phi) is 6.46. The zero-order valence-electron chi connectivity index (χ0n) is 21.0. The molecule has 2 aliphatic rings. The third-order valence-corrected chi connectivity index (χ3v) is 7.57. The predicted molar refractivity (Wildman–Crippen MR) is 129 cm³/mol. The molecular weight excluding hydrogens is 449 g/mol. The van der Waals surface area contributed by atoms with Gasteiger partial charge in [0.05, 0.1) is 17.9 Å². The lowest BCUT2D eigenvalue weighted by Gasteiger charge is -2.40. The van der Waals surface area contributed by atoms with Crippen LogP contribution in [0.15, 0.2) is 30.5 Å². The van der Waals surface area contributed by atoms with Crippen molar-refractivity contribution >= 4 is 17.8 Å². The number of hydrogen-bond donors (Lipinski definition) is 2. The third kappa shape index (κ3) is 4.81. The van der Waals surface area contributed by atoms with Crippen molar-refractivity contribution in [3.05, 3.63) is 47.5 Å². The lowest BCUT2D eigenvalue weighted by atomic mass is 9.67. The summed E-state index contributed by atoms with van der Waals surface area (Å²) in [5.74, 6) is -0.563. The van der Waals surface area contributed by atoms with Crippen LogP contribution in [0.1, 0.15) is 70.7 Å². The van der Waals surface area contributed by atoms with Crippen molar-refractivity contribution in [2.45, 2.75) is 71.9 Å². The molecule has 35 heavy (non-hydrogen) atoms. The summed E-state index contributed by atoms with van der Waals surface area (Å²) in [5, 5.41) is 10.1. The highest BCUT2D eigenvalue weighted by atomic mass is 19.1. The molecule has 4 amide bonds. The average Bonchev–Trinajstić information content (AvgIpc) is 3.27. The molecule has 1 saturated carbocycles. The quantitative estimate of drug-likeness (QED) is 0.628. The van der Waals surface area contributed by atoms with Gasteiger partial charge in [-0.25, -0.2) is 13.9 Å². The fourth-order valence-electron chi connectivity index (χ4n) is 5.33. The Morgan fingerprint density at radius 1 is 1.23 bits per heavy atom. The van der Waals surface area contributed by atoms with Gasteiger partial charge in [-0.05, 0) is 75.1 Å². The number of nitrogens with one attached hydrogen (secondary N) is 2. The highest BCUT2D eigenvalue weighted by Gasteiger charge is 2.53. The summed E-state index contributed by atoms with van der Waals surface area (Å²) in [6.07, 6.45) is 4.57. The van der Waals surface area contributed by atoms with Crippen LogP contribution in [-0.2, 0) is 9.59 Å². The van der Waals surface area contributed by atoms with E-state index in [0.717, 1.165) is 29.0 Å². The fourth-order valence-corrected chi connectivity index (χ4v) is 5.33. The van der Waals surface area contributed by atoms with Crippen molar-refractivity contribution in [2.24, 2.45) is 11.3 Å². The number of halogens is 1. The summed E-state index contributed by atoms with van der Waals surface area (Å²) in [7, 11) is 0. The number of hydrogen-bond acceptors (Lipinski definition) is 4. The normalized spacial score (nSPS) is 23.5. The second-order valence-corrected chi connectivity index (χ2v) is 10.9. The van der Waals surface area contributed by atoms with Crippen molar-refractivity contribution < 1.29 is 18.8 Å². The lowest BCUT2D eigenvalue weighted by Crippen LogP contribution is -2.51. The molecule has 1 aliphatic carbocycles. The maximum absolute atomic E-state index is 13.2. The molecule has 1 unspecified atom stereocenters. The van der Waals surface area contributed by atoms with Gasteiger partial charge in [-0.3, -0.25) is 14.5 Å². The van der Waals surface area contributed by atoms with Crippen molar-refractivity contribution in [1.82, 2.24) is 25.3 Å². The van der Waals surface area contributed by atoms with Gasteiger partial charge in [0, 0.05) is 11.3 Å². The minimum absolute atomic E-state index is 0.158. The number of benzene rings is 1. The number of aromatic nitrogens is 2. The molecule has 188 valence electrons. The van der Waals surface area contributed by atoms with Crippen molar-refractivity contribution in [3.8, 4) is 5.69 Å². The van der Waals surface area contributed by atoms with Gasteiger partial charge in [0.25, 0.3) is 5.91 Å². The van der Waals surface area contributed by atoms with E-state index < -0.39 is 23.5 Å². The Bertz CT molecular complexity index is 1130. The molecule has 2 aromatic rings. The monoisotopic (exact) mass is 483 g/mol. The van der Waals surface area contributed by atoms with Gasteiger partial charge in [-0.1, -0.05) is 20.8 Å². The van der Waals surface area contributed by atoms with Gasteiger partial charge in [0.2, 0.25) is 5.91 Å². The molecule has 4 rings (SSSR count). The average molecular weight is 484 g/mol. The molecule has 9 heteroatoms. The summed E-state index contributed by atoms with van der Waals surface area (Å²) in [6, 6.07) is 5.08. The van der Waals surface area contributed by atoms with Crippen LogP contribution in [0.2, 0.25) is 0 Å². The number of imide groups is 1. The van der Waals surface area contributed by atoms with Gasteiger partial charge in [-0.15, -0.1) is 0 Å². The van der Waals surface area contributed by atoms with E-state index in [-0.39, 0.29) is 23.7 Å². The summed E-state index contributed by atoms with van der Waals surface area (Å²) >= 11 is 0. The largest absolute Gasteiger partial charge is 0.348 e. The summed E-state index contributed by atoms with van der Waals surface area (Å²) in [5.41, 5.74) is 1.56. The second-order valence-electron chi connectivity index (χ2n) is 10.9. The minimum atomic E-state index is -0.891. The van der Waals surface area contributed by atoms with E-state index in [4.69, 9.17) is 0 Å². The van der Waals surface area contributed by atoms with Crippen LogP contribution in [0.25, 0.3) is 5.69 Å². The number of carbonyl (C=O) groups is 3. The highest BCUT2D eigenvalue weighted by molar-refractivity contribution is 6.09.